The Morgan fingerprint density at radius 2 is 1.59 bits per heavy atom. The van der Waals surface area contributed by atoms with E-state index in [0.29, 0.717) is 28.5 Å². The second kappa shape index (κ2) is 10.4. The maximum Gasteiger partial charge on any atom is 0.182 e. The van der Waals surface area contributed by atoms with Gasteiger partial charge in [-0.2, -0.15) is 0 Å². The summed E-state index contributed by atoms with van der Waals surface area (Å²) < 4.78 is 31.4. The van der Waals surface area contributed by atoms with E-state index in [1.165, 1.54) is 25.7 Å². The number of hydrogen-bond donors (Lipinski definition) is 1. The minimum absolute atomic E-state index is 0.118. The number of anilines is 1. The van der Waals surface area contributed by atoms with Gasteiger partial charge in [0.25, 0.3) is 0 Å². The minimum atomic E-state index is -3.45. The van der Waals surface area contributed by atoms with Crippen LogP contribution in [0.1, 0.15) is 56.6 Å². The first-order chi connectivity index (χ1) is 12.9. The first-order valence-corrected chi connectivity index (χ1v) is 11.4. The predicted octanol–water partition coefficient (Wildman–Crippen LogP) is 5.29. The predicted molar refractivity (Wildman–Crippen MR) is 112 cm³/mol. The van der Waals surface area contributed by atoms with Crippen molar-refractivity contribution < 1.29 is 13.2 Å². The Bertz CT molecular complexity index is 814. The number of hydrogen-bond acceptors (Lipinski definition) is 4. The summed E-state index contributed by atoms with van der Waals surface area (Å²) in [7, 11) is -3.45. The van der Waals surface area contributed by atoms with Gasteiger partial charge in [-0.3, -0.25) is 0 Å². The van der Waals surface area contributed by atoms with E-state index in [1.54, 1.807) is 30.3 Å². The van der Waals surface area contributed by atoms with Gasteiger partial charge in [0.1, 0.15) is 5.75 Å². The van der Waals surface area contributed by atoms with Gasteiger partial charge in [-0.05, 0) is 43.7 Å². The smallest absolute Gasteiger partial charge is 0.182 e. The quantitative estimate of drug-likeness (QED) is 0.419. The summed E-state index contributed by atoms with van der Waals surface area (Å²) in [5.74, 6) is 0.487. The Kier molecular flexibility index (Phi) is 8.17. The monoisotopic (exact) mass is 389 g/mol. The van der Waals surface area contributed by atoms with Crippen LogP contribution in [-0.2, 0) is 15.6 Å². The molecule has 0 amide bonds. The van der Waals surface area contributed by atoms with Crippen LogP contribution >= 0.6 is 0 Å². The molecule has 0 unspecified atom stereocenters. The summed E-state index contributed by atoms with van der Waals surface area (Å²) in [4.78, 5) is 0.317. The van der Waals surface area contributed by atoms with E-state index in [9.17, 15) is 8.42 Å². The van der Waals surface area contributed by atoms with Gasteiger partial charge in [-0.25, -0.2) is 8.42 Å². The summed E-state index contributed by atoms with van der Waals surface area (Å²) >= 11 is 0. The van der Waals surface area contributed by atoms with E-state index in [1.807, 2.05) is 19.1 Å². The van der Waals surface area contributed by atoms with Crippen LogP contribution in [-0.4, -0.2) is 15.0 Å². The molecule has 0 aliphatic rings. The summed E-state index contributed by atoms with van der Waals surface area (Å²) in [5.41, 5.74) is 8.06. The lowest BCUT2D eigenvalue weighted by atomic mass is 10.1. The van der Waals surface area contributed by atoms with Crippen LogP contribution in [0.15, 0.2) is 47.4 Å². The zero-order chi connectivity index (χ0) is 19.7. The maximum atomic E-state index is 12.8. The van der Waals surface area contributed by atoms with Crippen LogP contribution in [0.3, 0.4) is 0 Å². The minimum Gasteiger partial charge on any atom is -0.493 e. The van der Waals surface area contributed by atoms with E-state index in [-0.39, 0.29) is 5.75 Å². The molecule has 0 spiro atoms. The molecule has 0 aliphatic heterocycles. The number of sulfone groups is 1. The Labute approximate surface area is 163 Å². The van der Waals surface area contributed by atoms with E-state index in [0.717, 1.165) is 18.4 Å². The molecule has 0 fully saturated rings. The molecule has 2 aromatic carbocycles. The van der Waals surface area contributed by atoms with Crippen LogP contribution < -0.4 is 10.5 Å². The molecule has 0 heterocycles. The Balaban J connectivity index is 2.01. The zero-order valence-corrected chi connectivity index (χ0v) is 17.2. The third-order valence-electron chi connectivity index (χ3n) is 4.57. The number of nitrogens with two attached hydrogens (primary N) is 1. The van der Waals surface area contributed by atoms with Crippen molar-refractivity contribution in [2.75, 3.05) is 12.3 Å². The lowest BCUT2D eigenvalue weighted by Gasteiger charge is -2.13. The topological polar surface area (TPSA) is 69.4 Å². The van der Waals surface area contributed by atoms with Crippen LogP contribution in [0.2, 0.25) is 0 Å². The normalized spacial score (nSPS) is 11.5. The van der Waals surface area contributed by atoms with Crippen molar-refractivity contribution in [3.63, 3.8) is 0 Å². The molecule has 0 bridgehead atoms. The molecule has 0 radical (unpaired) electrons. The maximum absolute atomic E-state index is 12.8. The highest BCUT2D eigenvalue weighted by atomic mass is 32.2. The van der Waals surface area contributed by atoms with E-state index in [4.69, 9.17) is 10.5 Å². The van der Waals surface area contributed by atoms with Gasteiger partial charge in [0.15, 0.2) is 9.84 Å². The van der Waals surface area contributed by atoms with Crippen molar-refractivity contribution in [3.05, 3.63) is 53.6 Å². The fourth-order valence-electron chi connectivity index (χ4n) is 2.95. The lowest BCUT2D eigenvalue weighted by molar-refractivity contribution is 0.302. The van der Waals surface area contributed by atoms with Gasteiger partial charge in [0.05, 0.1) is 17.3 Å². The van der Waals surface area contributed by atoms with Crippen molar-refractivity contribution in [1.29, 1.82) is 0 Å². The van der Waals surface area contributed by atoms with Crippen molar-refractivity contribution in [1.82, 2.24) is 0 Å². The number of unbranched alkanes of at least 4 members (excludes halogenated alkanes) is 5. The third kappa shape index (κ3) is 6.90. The number of ether oxygens (including phenoxy) is 1. The average Bonchev–Trinajstić information content (AvgIpc) is 2.62. The Morgan fingerprint density at radius 3 is 2.30 bits per heavy atom. The van der Waals surface area contributed by atoms with E-state index < -0.39 is 9.84 Å². The summed E-state index contributed by atoms with van der Waals surface area (Å²) in [6, 6.07) is 12.1. The van der Waals surface area contributed by atoms with Crippen LogP contribution in [0.5, 0.6) is 5.75 Å². The average molecular weight is 390 g/mol. The molecule has 2 N–H and O–H groups in total. The number of rotatable bonds is 11. The third-order valence-corrected chi connectivity index (χ3v) is 6.25. The van der Waals surface area contributed by atoms with Crippen LogP contribution in [0.4, 0.5) is 5.69 Å². The number of benzene rings is 2. The van der Waals surface area contributed by atoms with Crippen LogP contribution in [0.25, 0.3) is 0 Å². The van der Waals surface area contributed by atoms with Crippen molar-refractivity contribution in [3.8, 4) is 5.75 Å². The highest BCUT2D eigenvalue weighted by molar-refractivity contribution is 7.90. The van der Waals surface area contributed by atoms with Gasteiger partial charge in [-0.1, -0.05) is 56.7 Å². The standard InChI is InChI=1S/C22H31NO3S/c1-3-4-5-6-7-8-15-26-22-14-11-20(23)16-19(22)17-27(24,25)21-12-9-18(2)10-13-21/h9-14,16H,3-8,15,17,23H2,1-2H3. The summed E-state index contributed by atoms with van der Waals surface area (Å²) in [6.45, 7) is 4.73. The summed E-state index contributed by atoms with van der Waals surface area (Å²) in [5, 5.41) is 0. The van der Waals surface area contributed by atoms with E-state index in [2.05, 4.69) is 6.92 Å². The second-order valence-electron chi connectivity index (χ2n) is 7.06. The molecular formula is C22H31NO3S. The molecule has 5 heteroatoms. The lowest BCUT2D eigenvalue weighted by Crippen LogP contribution is -2.08. The molecule has 0 atom stereocenters. The molecule has 2 rings (SSSR count). The Morgan fingerprint density at radius 1 is 0.926 bits per heavy atom. The van der Waals surface area contributed by atoms with Crippen molar-refractivity contribution in [2.45, 2.75) is 63.0 Å². The van der Waals surface area contributed by atoms with Crippen molar-refractivity contribution in [2.24, 2.45) is 0 Å². The van der Waals surface area contributed by atoms with Gasteiger partial charge in [0, 0.05) is 11.3 Å². The largest absolute Gasteiger partial charge is 0.493 e. The number of nitrogen functional groups attached to an aromatic ring is 1. The first kappa shape index (κ1) is 21.3. The van der Waals surface area contributed by atoms with Gasteiger partial charge in [-0.15, -0.1) is 0 Å². The van der Waals surface area contributed by atoms with Crippen LogP contribution in [0, 0.1) is 6.92 Å². The SMILES string of the molecule is CCCCCCCCOc1ccc(N)cc1CS(=O)(=O)c1ccc(C)cc1. The molecule has 4 nitrogen and oxygen atoms in total. The summed E-state index contributed by atoms with van der Waals surface area (Å²) in [6.07, 6.45) is 7.09. The van der Waals surface area contributed by atoms with Crippen molar-refractivity contribution >= 4 is 15.5 Å². The number of aryl methyl sites for hydroxylation is 1. The first-order valence-electron chi connectivity index (χ1n) is 9.73. The molecule has 0 aromatic heterocycles. The second-order valence-corrected chi connectivity index (χ2v) is 9.05. The molecule has 2 aromatic rings. The molecule has 0 saturated heterocycles. The molecule has 27 heavy (non-hydrogen) atoms. The fourth-order valence-corrected chi connectivity index (χ4v) is 4.30. The molecule has 148 valence electrons. The molecule has 0 saturated carbocycles. The van der Waals surface area contributed by atoms with Gasteiger partial charge < -0.3 is 10.5 Å². The van der Waals surface area contributed by atoms with E-state index >= 15 is 0 Å². The highest BCUT2D eigenvalue weighted by Crippen LogP contribution is 2.27. The molecule has 0 aliphatic carbocycles. The molecular weight excluding hydrogens is 358 g/mol. The van der Waals surface area contributed by atoms with Gasteiger partial charge in [0.2, 0.25) is 0 Å². The van der Waals surface area contributed by atoms with Gasteiger partial charge >= 0.3 is 0 Å². The fraction of sp³-hybridized carbons (Fsp3) is 0.455. The zero-order valence-electron chi connectivity index (χ0n) is 16.4. The highest BCUT2D eigenvalue weighted by Gasteiger charge is 2.18. The Hall–Kier alpha value is -2.01.